The van der Waals surface area contributed by atoms with Crippen molar-refractivity contribution in [3.63, 3.8) is 0 Å². The number of aliphatic hydroxyl groups excluding tert-OH is 1. The molecule has 0 heterocycles. The van der Waals surface area contributed by atoms with Crippen LogP contribution in [0.2, 0.25) is 0 Å². The summed E-state index contributed by atoms with van der Waals surface area (Å²) in [6.45, 7) is 0.0896. The van der Waals surface area contributed by atoms with Crippen molar-refractivity contribution in [3.05, 3.63) is 28.8 Å². The van der Waals surface area contributed by atoms with Crippen molar-refractivity contribution in [1.82, 2.24) is 0 Å². The molecule has 82 valence electrons. The van der Waals surface area contributed by atoms with E-state index in [0.29, 0.717) is 0 Å². The lowest BCUT2D eigenvalue weighted by atomic mass is 9.96. The lowest BCUT2D eigenvalue weighted by molar-refractivity contribution is 0.272. The van der Waals surface area contributed by atoms with Crippen LogP contribution in [0.5, 0.6) is 5.75 Å². The van der Waals surface area contributed by atoms with Gasteiger partial charge < -0.3 is 9.84 Å². The minimum Gasteiger partial charge on any atom is -0.496 e. The van der Waals surface area contributed by atoms with Gasteiger partial charge in [-0.15, -0.1) is 0 Å². The van der Waals surface area contributed by atoms with Crippen molar-refractivity contribution >= 4 is 0 Å². The van der Waals surface area contributed by atoms with E-state index in [9.17, 15) is 5.11 Å². The third-order valence-electron chi connectivity index (χ3n) is 3.24. The zero-order chi connectivity index (χ0) is 10.7. The number of hydrogen-bond acceptors (Lipinski definition) is 2. The van der Waals surface area contributed by atoms with Crippen LogP contribution in [0.25, 0.3) is 0 Å². The highest BCUT2D eigenvalue weighted by Crippen LogP contribution is 2.30. The van der Waals surface area contributed by atoms with E-state index >= 15 is 0 Å². The minimum atomic E-state index is 0.0896. The maximum Gasteiger partial charge on any atom is 0.124 e. The lowest BCUT2D eigenvalue weighted by Crippen LogP contribution is -2.01. The second kappa shape index (κ2) is 4.67. The Morgan fingerprint density at radius 2 is 2.00 bits per heavy atom. The van der Waals surface area contributed by atoms with Gasteiger partial charge in [-0.1, -0.05) is 12.5 Å². The normalized spacial score (nSPS) is 15.6. The molecule has 2 heteroatoms. The standard InChI is InChI=1S/C13H18O2/c1-15-13-8-7-10-5-3-2-4-6-11(10)12(13)9-14/h7-8,14H,2-6,9H2,1H3. The molecule has 0 saturated carbocycles. The molecule has 1 aliphatic carbocycles. The van der Waals surface area contributed by atoms with Crippen molar-refractivity contribution in [1.29, 1.82) is 0 Å². The zero-order valence-corrected chi connectivity index (χ0v) is 9.25. The first-order valence-electron chi connectivity index (χ1n) is 5.65. The molecule has 0 aromatic heterocycles. The number of benzene rings is 1. The van der Waals surface area contributed by atoms with E-state index < -0.39 is 0 Å². The Morgan fingerprint density at radius 1 is 1.20 bits per heavy atom. The number of aryl methyl sites for hydroxylation is 1. The molecule has 1 N–H and O–H groups in total. The highest BCUT2D eigenvalue weighted by molar-refractivity contribution is 5.45. The second-order valence-electron chi connectivity index (χ2n) is 4.10. The topological polar surface area (TPSA) is 29.5 Å². The molecule has 1 aliphatic rings. The molecule has 0 radical (unpaired) electrons. The van der Waals surface area contributed by atoms with E-state index in [0.717, 1.165) is 24.2 Å². The monoisotopic (exact) mass is 206 g/mol. The number of fused-ring (bicyclic) bond motifs is 1. The van der Waals surface area contributed by atoms with Crippen LogP contribution in [0.1, 0.15) is 36.0 Å². The van der Waals surface area contributed by atoms with E-state index in [1.54, 1.807) is 7.11 Å². The summed E-state index contributed by atoms with van der Waals surface area (Å²) in [5.41, 5.74) is 3.73. The molecule has 0 unspecified atom stereocenters. The number of aliphatic hydroxyl groups is 1. The van der Waals surface area contributed by atoms with Crippen molar-refractivity contribution < 1.29 is 9.84 Å². The van der Waals surface area contributed by atoms with E-state index in [1.807, 2.05) is 6.07 Å². The van der Waals surface area contributed by atoms with Crippen molar-refractivity contribution in [3.8, 4) is 5.75 Å². The summed E-state index contributed by atoms with van der Waals surface area (Å²) in [7, 11) is 1.66. The quantitative estimate of drug-likeness (QED) is 0.753. The Balaban J connectivity index is 2.47. The number of hydrogen-bond donors (Lipinski definition) is 1. The summed E-state index contributed by atoms with van der Waals surface area (Å²) in [4.78, 5) is 0. The van der Waals surface area contributed by atoms with Crippen LogP contribution in [0.3, 0.4) is 0 Å². The Morgan fingerprint density at radius 3 is 2.73 bits per heavy atom. The van der Waals surface area contributed by atoms with Crippen molar-refractivity contribution in [2.45, 2.75) is 38.7 Å². The van der Waals surface area contributed by atoms with Gasteiger partial charge in [0.1, 0.15) is 5.75 Å². The molecule has 0 amide bonds. The lowest BCUT2D eigenvalue weighted by Gasteiger charge is -2.14. The summed E-state index contributed by atoms with van der Waals surface area (Å²) in [5.74, 6) is 0.832. The van der Waals surface area contributed by atoms with Gasteiger partial charge in [-0.05, 0) is 42.9 Å². The van der Waals surface area contributed by atoms with E-state index in [2.05, 4.69) is 6.07 Å². The maximum absolute atomic E-state index is 9.42. The first kappa shape index (κ1) is 10.5. The summed E-state index contributed by atoms with van der Waals surface area (Å²) >= 11 is 0. The molecular formula is C13H18O2. The van der Waals surface area contributed by atoms with Crippen LogP contribution in [0.4, 0.5) is 0 Å². The molecule has 2 nitrogen and oxygen atoms in total. The van der Waals surface area contributed by atoms with Gasteiger partial charge in [-0.25, -0.2) is 0 Å². The molecule has 0 spiro atoms. The zero-order valence-electron chi connectivity index (χ0n) is 9.25. The fourth-order valence-corrected chi connectivity index (χ4v) is 2.42. The summed E-state index contributed by atoms with van der Waals surface area (Å²) in [6, 6.07) is 4.13. The Hall–Kier alpha value is -1.02. The Bertz CT molecular complexity index is 345. The Kier molecular flexibility index (Phi) is 3.27. The van der Waals surface area contributed by atoms with Crippen LogP contribution in [0, 0.1) is 0 Å². The average Bonchev–Trinajstić information content (AvgIpc) is 2.52. The van der Waals surface area contributed by atoms with Gasteiger partial charge in [-0.3, -0.25) is 0 Å². The number of methoxy groups -OCH3 is 1. The molecule has 0 fully saturated rings. The van der Waals surface area contributed by atoms with Crippen LogP contribution >= 0.6 is 0 Å². The molecule has 0 atom stereocenters. The van der Waals surface area contributed by atoms with E-state index in [-0.39, 0.29) is 6.61 Å². The fourth-order valence-electron chi connectivity index (χ4n) is 2.42. The average molecular weight is 206 g/mol. The third kappa shape index (κ3) is 2.00. The molecule has 1 aromatic carbocycles. The number of ether oxygens (including phenoxy) is 1. The minimum absolute atomic E-state index is 0.0896. The summed E-state index contributed by atoms with van der Waals surface area (Å²) in [5, 5.41) is 9.42. The first-order chi connectivity index (χ1) is 7.36. The molecule has 0 bridgehead atoms. The molecule has 0 saturated heterocycles. The second-order valence-corrected chi connectivity index (χ2v) is 4.10. The van der Waals surface area contributed by atoms with Gasteiger partial charge >= 0.3 is 0 Å². The predicted molar refractivity (Wildman–Crippen MR) is 60.2 cm³/mol. The summed E-state index contributed by atoms with van der Waals surface area (Å²) < 4.78 is 5.28. The fraction of sp³-hybridized carbons (Fsp3) is 0.538. The van der Waals surface area contributed by atoms with Gasteiger partial charge in [0.2, 0.25) is 0 Å². The van der Waals surface area contributed by atoms with E-state index in [1.165, 1.54) is 30.4 Å². The van der Waals surface area contributed by atoms with Crippen LogP contribution < -0.4 is 4.74 Å². The van der Waals surface area contributed by atoms with Crippen LogP contribution in [-0.2, 0) is 19.4 Å². The van der Waals surface area contributed by atoms with Gasteiger partial charge in [-0.2, -0.15) is 0 Å². The number of rotatable bonds is 2. The predicted octanol–water partition coefficient (Wildman–Crippen LogP) is 2.46. The summed E-state index contributed by atoms with van der Waals surface area (Å²) in [6.07, 6.45) is 6.02. The van der Waals surface area contributed by atoms with Gasteiger partial charge in [0.25, 0.3) is 0 Å². The van der Waals surface area contributed by atoms with Gasteiger partial charge in [0, 0.05) is 5.56 Å². The Labute approximate surface area is 90.9 Å². The van der Waals surface area contributed by atoms with E-state index in [4.69, 9.17) is 4.74 Å². The van der Waals surface area contributed by atoms with Crippen molar-refractivity contribution in [2.75, 3.05) is 7.11 Å². The van der Waals surface area contributed by atoms with Crippen molar-refractivity contribution in [2.24, 2.45) is 0 Å². The highest BCUT2D eigenvalue weighted by Gasteiger charge is 2.15. The van der Waals surface area contributed by atoms with Crippen LogP contribution in [-0.4, -0.2) is 12.2 Å². The van der Waals surface area contributed by atoms with Crippen LogP contribution in [0.15, 0.2) is 12.1 Å². The smallest absolute Gasteiger partial charge is 0.124 e. The SMILES string of the molecule is COc1ccc2c(c1CO)CCCCC2. The maximum atomic E-state index is 9.42. The third-order valence-corrected chi connectivity index (χ3v) is 3.24. The molecule has 1 aromatic rings. The largest absolute Gasteiger partial charge is 0.496 e. The molecule has 2 rings (SSSR count). The molecule has 15 heavy (non-hydrogen) atoms. The van der Waals surface area contributed by atoms with Gasteiger partial charge in [0.05, 0.1) is 13.7 Å². The molecule has 0 aliphatic heterocycles. The molecular weight excluding hydrogens is 188 g/mol. The van der Waals surface area contributed by atoms with Gasteiger partial charge in [0.15, 0.2) is 0 Å². The first-order valence-corrected chi connectivity index (χ1v) is 5.65. The highest BCUT2D eigenvalue weighted by atomic mass is 16.5.